The second-order valence-electron chi connectivity index (χ2n) is 4.73. The van der Waals surface area contributed by atoms with Crippen molar-refractivity contribution < 1.29 is 9.59 Å². The summed E-state index contributed by atoms with van der Waals surface area (Å²) >= 11 is 0. The van der Waals surface area contributed by atoms with Gasteiger partial charge in [0.25, 0.3) is 0 Å². The van der Waals surface area contributed by atoms with Crippen molar-refractivity contribution in [2.75, 3.05) is 26.2 Å². The fourth-order valence-corrected chi connectivity index (χ4v) is 2.24. The summed E-state index contributed by atoms with van der Waals surface area (Å²) in [5.41, 5.74) is 0. The van der Waals surface area contributed by atoms with Crippen molar-refractivity contribution in [3.05, 3.63) is 0 Å². The van der Waals surface area contributed by atoms with Crippen LogP contribution >= 0.6 is 0 Å². The molecule has 0 radical (unpaired) electrons. The Balaban J connectivity index is 2.45. The van der Waals surface area contributed by atoms with Gasteiger partial charge in [0.1, 0.15) is 6.04 Å². The summed E-state index contributed by atoms with van der Waals surface area (Å²) in [6.07, 6.45) is 3.34. The third-order valence-corrected chi connectivity index (χ3v) is 3.43. The molecule has 1 N–H and O–H groups in total. The molecule has 0 aromatic heterocycles. The van der Waals surface area contributed by atoms with Gasteiger partial charge in [0.05, 0.1) is 0 Å². The van der Waals surface area contributed by atoms with E-state index in [1.165, 1.54) is 6.42 Å². The van der Waals surface area contributed by atoms with Gasteiger partial charge in [-0.2, -0.15) is 0 Å². The van der Waals surface area contributed by atoms with Gasteiger partial charge in [-0.1, -0.05) is 0 Å². The van der Waals surface area contributed by atoms with Crippen LogP contribution in [-0.4, -0.2) is 54.0 Å². The number of likely N-dealkylation sites (tertiary alicyclic amines) is 1. The molecule has 5 heteroatoms. The van der Waals surface area contributed by atoms with Crippen LogP contribution in [0.1, 0.15) is 40.0 Å². The van der Waals surface area contributed by atoms with E-state index in [9.17, 15) is 9.59 Å². The van der Waals surface area contributed by atoms with E-state index in [-0.39, 0.29) is 11.9 Å². The number of urea groups is 1. The number of nitrogens with one attached hydrogen (secondary N) is 1. The maximum Gasteiger partial charge on any atom is 0.318 e. The molecule has 0 saturated carbocycles. The number of hydrogen-bond acceptors (Lipinski definition) is 2. The maximum atomic E-state index is 12.1. The minimum Gasteiger partial charge on any atom is -0.341 e. The van der Waals surface area contributed by atoms with Crippen LogP contribution in [-0.2, 0) is 4.79 Å². The SMILES string of the molecule is CCN(CC)C(=O)N[C@H](C)C(=O)N1CCCCC1. The highest BCUT2D eigenvalue weighted by Crippen LogP contribution is 2.10. The van der Waals surface area contributed by atoms with Crippen LogP contribution < -0.4 is 5.32 Å². The first-order chi connectivity index (χ1) is 8.60. The third-order valence-electron chi connectivity index (χ3n) is 3.43. The van der Waals surface area contributed by atoms with E-state index in [1.54, 1.807) is 11.8 Å². The zero-order chi connectivity index (χ0) is 13.5. The molecular formula is C13H25N3O2. The van der Waals surface area contributed by atoms with Gasteiger partial charge >= 0.3 is 6.03 Å². The van der Waals surface area contributed by atoms with E-state index >= 15 is 0 Å². The van der Waals surface area contributed by atoms with Crippen molar-refractivity contribution in [3.63, 3.8) is 0 Å². The summed E-state index contributed by atoms with van der Waals surface area (Å²) in [6, 6.07) is -0.589. The van der Waals surface area contributed by atoms with E-state index in [4.69, 9.17) is 0 Å². The third kappa shape index (κ3) is 3.89. The van der Waals surface area contributed by atoms with Crippen LogP contribution in [0.5, 0.6) is 0 Å². The number of nitrogens with zero attached hydrogens (tertiary/aromatic N) is 2. The van der Waals surface area contributed by atoms with Gasteiger partial charge in [-0.15, -0.1) is 0 Å². The molecule has 0 unspecified atom stereocenters. The van der Waals surface area contributed by atoms with Gasteiger partial charge < -0.3 is 15.1 Å². The van der Waals surface area contributed by atoms with Gasteiger partial charge in [-0.25, -0.2) is 4.79 Å². The highest BCUT2D eigenvalue weighted by Gasteiger charge is 2.24. The number of rotatable bonds is 4. The number of hydrogen-bond donors (Lipinski definition) is 1. The van der Waals surface area contributed by atoms with Gasteiger partial charge in [0.15, 0.2) is 0 Å². The van der Waals surface area contributed by atoms with E-state index in [2.05, 4.69) is 5.32 Å². The van der Waals surface area contributed by atoms with Crippen molar-refractivity contribution >= 4 is 11.9 Å². The first kappa shape index (κ1) is 14.8. The lowest BCUT2D eigenvalue weighted by molar-refractivity contribution is -0.133. The van der Waals surface area contributed by atoms with Crippen LogP contribution in [0.2, 0.25) is 0 Å². The monoisotopic (exact) mass is 255 g/mol. The molecule has 0 aromatic carbocycles. The largest absolute Gasteiger partial charge is 0.341 e. The fraction of sp³-hybridized carbons (Fsp3) is 0.846. The molecule has 5 nitrogen and oxygen atoms in total. The molecule has 1 aliphatic rings. The first-order valence-electron chi connectivity index (χ1n) is 6.94. The minimum atomic E-state index is -0.434. The quantitative estimate of drug-likeness (QED) is 0.826. The standard InChI is InChI=1S/C13H25N3O2/c1-4-15(5-2)13(18)14-11(3)12(17)16-9-7-6-8-10-16/h11H,4-10H2,1-3H3,(H,14,18)/t11-/m1/s1. The summed E-state index contributed by atoms with van der Waals surface area (Å²) in [5, 5.41) is 2.77. The van der Waals surface area contributed by atoms with Crippen LogP contribution in [0.15, 0.2) is 0 Å². The van der Waals surface area contributed by atoms with Crippen LogP contribution in [0.4, 0.5) is 4.79 Å². The average Bonchev–Trinajstić information content (AvgIpc) is 2.40. The van der Waals surface area contributed by atoms with E-state index in [0.29, 0.717) is 13.1 Å². The molecule has 0 bridgehead atoms. The van der Waals surface area contributed by atoms with Gasteiger partial charge in [0, 0.05) is 26.2 Å². The van der Waals surface area contributed by atoms with Crippen LogP contribution in [0, 0.1) is 0 Å². The minimum absolute atomic E-state index is 0.0372. The normalized spacial score (nSPS) is 17.2. The molecule has 0 spiro atoms. The Kier molecular flexibility index (Phi) is 5.95. The smallest absolute Gasteiger partial charge is 0.318 e. The average molecular weight is 255 g/mol. The van der Waals surface area contributed by atoms with Gasteiger partial charge in [0.2, 0.25) is 5.91 Å². The Hall–Kier alpha value is -1.26. The van der Waals surface area contributed by atoms with Crippen molar-refractivity contribution in [1.82, 2.24) is 15.1 Å². The molecule has 0 aliphatic carbocycles. The lowest BCUT2D eigenvalue weighted by atomic mass is 10.1. The Morgan fingerprint density at radius 2 is 1.72 bits per heavy atom. The molecule has 3 amide bonds. The Bertz CT molecular complexity index is 284. The summed E-state index contributed by atoms with van der Waals surface area (Å²) in [6.45, 7) is 8.59. The molecule has 1 heterocycles. The molecule has 1 atom stereocenters. The molecule has 18 heavy (non-hydrogen) atoms. The number of carbonyl (C=O) groups is 2. The molecule has 1 aliphatic heterocycles. The van der Waals surface area contributed by atoms with Gasteiger partial charge in [-0.3, -0.25) is 4.79 Å². The van der Waals surface area contributed by atoms with Crippen molar-refractivity contribution in [2.24, 2.45) is 0 Å². The lowest BCUT2D eigenvalue weighted by Gasteiger charge is -2.30. The van der Waals surface area contributed by atoms with Crippen molar-refractivity contribution in [1.29, 1.82) is 0 Å². The predicted octanol–water partition coefficient (Wildman–Crippen LogP) is 1.44. The summed E-state index contributed by atoms with van der Waals surface area (Å²) in [4.78, 5) is 27.5. The second-order valence-corrected chi connectivity index (χ2v) is 4.73. The highest BCUT2D eigenvalue weighted by molar-refractivity contribution is 5.86. The number of piperidine rings is 1. The Labute approximate surface area is 110 Å². The number of amides is 3. The first-order valence-corrected chi connectivity index (χ1v) is 6.94. The lowest BCUT2D eigenvalue weighted by Crippen LogP contribution is -2.51. The molecule has 0 aromatic rings. The highest BCUT2D eigenvalue weighted by atomic mass is 16.2. The summed E-state index contributed by atoms with van der Waals surface area (Å²) in [7, 11) is 0. The molecule has 104 valence electrons. The van der Waals surface area contributed by atoms with Crippen LogP contribution in [0.25, 0.3) is 0 Å². The predicted molar refractivity (Wildman–Crippen MR) is 71.3 cm³/mol. The number of carbonyl (C=O) groups excluding carboxylic acids is 2. The molecular weight excluding hydrogens is 230 g/mol. The second kappa shape index (κ2) is 7.24. The van der Waals surface area contributed by atoms with Crippen molar-refractivity contribution in [3.8, 4) is 0 Å². The van der Waals surface area contributed by atoms with Crippen molar-refractivity contribution in [2.45, 2.75) is 46.1 Å². The van der Waals surface area contributed by atoms with Gasteiger partial charge in [-0.05, 0) is 40.0 Å². The Morgan fingerprint density at radius 1 is 1.17 bits per heavy atom. The maximum absolute atomic E-state index is 12.1. The topological polar surface area (TPSA) is 52.7 Å². The van der Waals surface area contributed by atoms with E-state index in [1.807, 2.05) is 18.7 Å². The summed E-state index contributed by atoms with van der Waals surface area (Å²) < 4.78 is 0. The van der Waals surface area contributed by atoms with Crippen LogP contribution in [0.3, 0.4) is 0 Å². The molecule has 1 rings (SSSR count). The van der Waals surface area contributed by atoms with E-state index in [0.717, 1.165) is 25.9 Å². The fourth-order valence-electron chi connectivity index (χ4n) is 2.24. The zero-order valence-electron chi connectivity index (χ0n) is 11.7. The molecule has 1 saturated heterocycles. The summed E-state index contributed by atoms with van der Waals surface area (Å²) in [5.74, 6) is 0.0372. The molecule has 1 fully saturated rings. The Morgan fingerprint density at radius 3 is 2.22 bits per heavy atom. The zero-order valence-corrected chi connectivity index (χ0v) is 11.7. The van der Waals surface area contributed by atoms with E-state index < -0.39 is 6.04 Å².